The fourth-order valence-electron chi connectivity index (χ4n) is 3.48. The van der Waals surface area contributed by atoms with E-state index in [2.05, 4.69) is 33.0 Å². The Morgan fingerprint density at radius 1 is 1.09 bits per heavy atom. The van der Waals surface area contributed by atoms with Gasteiger partial charge in [0.15, 0.2) is 0 Å². The lowest BCUT2D eigenvalue weighted by Gasteiger charge is -2.12. The average molecular weight is 552 g/mol. The molecule has 0 fully saturated rings. The van der Waals surface area contributed by atoms with Crippen molar-refractivity contribution in [1.82, 2.24) is 5.32 Å². The normalized spacial score (nSPS) is 11.6. The minimum atomic E-state index is -0.492. The van der Waals surface area contributed by atoms with E-state index < -0.39 is 6.67 Å². The number of halogens is 2. The molecule has 3 rings (SSSR count). The lowest BCUT2D eigenvalue weighted by Crippen LogP contribution is -2.25. The zero-order chi connectivity index (χ0) is 25.0. The number of nitrogens with zero attached hydrogens (tertiary/aromatic N) is 1. The van der Waals surface area contributed by atoms with E-state index in [1.807, 2.05) is 79.7 Å². The Hall–Kier alpha value is -2.96. The van der Waals surface area contributed by atoms with E-state index in [4.69, 9.17) is 0 Å². The van der Waals surface area contributed by atoms with Gasteiger partial charge in [-0.25, -0.2) is 4.39 Å². The first-order chi connectivity index (χ1) is 17.0. The number of allylic oxidation sites excluding steroid dienone is 4. The third kappa shape index (κ3) is 7.77. The van der Waals surface area contributed by atoms with Crippen molar-refractivity contribution < 1.29 is 9.18 Å². The number of amides is 1. The fourth-order valence-corrected chi connectivity index (χ4v) is 4.98. The monoisotopic (exact) mass is 550 g/mol. The lowest BCUT2D eigenvalue weighted by molar-refractivity contribution is 0.0954. The second-order valence-electron chi connectivity index (χ2n) is 7.81. The molecule has 0 aliphatic heterocycles. The van der Waals surface area contributed by atoms with Gasteiger partial charge in [0.2, 0.25) is 0 Å². The number of benzene rings is 3. The Morgan fingerprint density at radius 3 is 2.54 bits per heavy atom. The molecule has 0 unspecified atom stereocenters. The van der Waals surface area contributed by atoms with Crippen molar-refractivity contribution >= 4 is 46.0 Å². The first kappa shape index (κ1) is 26.6. The van der Waals surface area contributed by atoms with Crippen molar-refractivity contribution in [3.63, 3.8) is 0 Å². The predicted molar refractivity (Wildman–Crippen MR) is 149 cm³/mol. The highest BCUT2D eigenvalue weighted by molar-refractivity contribution is 9.10. The standard InChI is InChI=1S/C29H28BrFN2OS/c1-3-4-9-21(20-31)18-23-11-6-8-13-27(23)35-28-15-14-24(19-26(28)32-2)29(34)33-17-16-22-10-5-7-12-25(22)30/h3-15,19H,2,16-18,20H2,1H3,(H,33,34)/b4-3-,21-9-. The Labute approximate surface area is 219 Å². The summed E-state index contributed by atoms with van der Waals surface area (Å²) in [6, 6.07) is 21.4. The minimum Gasteiger partial charge on any atom is -0.352 e. The number of carbonyl (C=O) groups is 1. The Balaban J connectivity index is 1.72. The van der Waals surface area contributed by atoms with E-state index in [1.165, 1.54) is 0 Å². The van der Waals surface area contributed by atoms with Crippen LogP contribution in [-0.4, -0.2) is 25.8 Å². The third-order valence-corrected chi connectivity index (χ3v) is 7.29. The van der Waals surface area contributed by atoms with Crippen LogP contribution in [0.3, 0.4) is 0 Å². The molecule has 1 N–H and O–H groups in total. The molecule has 0 aliphatic carbocycles. The summed E-state index contributed by atoms with van der Waals surface area (Å²) in [5.41, 5.74) is 4.07. The van der Waals surface area contributed by atoms with E-state index in [-0.39, 0.29) is 5.91 Å². The van der Waals surface area contributed by atoms with Gasteiger partial charge in [-0.05, 0) is 73.5 Å². The molecule has 0 spiro atoms. The van der Waals surface area contributed by atoms with Crippen LogP contribution in [0.4, 0.5) is 10.1 Å². The van der Waals surface area contributed by atoms with Crippen LogP contribution in [0.2, 0.25) is 0 Å². The number of hydrogen-bond acceptors (Lipinski definition) is 3. The van der Waals surface area contributed by atoms with Crippen LogP contribution in [0.1, 0.15) is 28.4 Å². The number of hydrogen-bond donors (Lipinski definition) is 1. The summed E-state index contributed by atoms with van der Waals surface area (Å²) < 4.78 is 14.5. The summed E-state index contributed by atoms with van der Waals surface area (Å²) in [4.78, 5) is 18.8. The summed E-state index contributed by atoms with van der Waals surface area (Å²) in [7, 11) is 0. The maximum Gasteiger partial charge on any atom is 0.251 e. The molecule has 1 amide bonds. The Morgan fingerprint density at radius 2 is 1.83 bits per heavy atom. The van der Waals surface area contributed by atoms with Crippen LogP contribution in [0.5, 0.6) is 0 Å². The van der Waals surface area contributed by atoms with E-state index in [0.29, 0.717) is 29.8 Å². The molecule has 35 heavy (non-hydrogen) atoms. The molecule has 0 radical (unpaired) electrons. The highest BCUT2D eigenvalue weighted by Crippen LogP contribution is 2.37. The van der Waals surface area contributed by atoms with Crippen molar-refractivity contribution in [2.75, 3.05) is 13.2 Å². The van der Waals surface area contributed by atoms with Crippen LogP contribution in [0.15, 0.2) is 110 Å². The second kappa shape index (κ2) is 13.8. The number of aliphatic imine (C=N–C) groups is 1. The molecule has 0 atom stereocenters. The van der Waals surface area contributed by atoms with E-state index in [1.54, 1.807) is 23.9 Å². The summed E-state index contributed by atoms with van der Waals surface area (Å²) in [5, 5.41) is 2.97. The highest BCUT2D eigenvalue weighted by atomic mass is 79.9. The first-order valence-corrected chi connectivity index (χ1v) is 12.9. The SMILES string of the molecule is C=Nc1cc(C(=O)NCCc2ccccc2Br)ccc1Sc1ccccc1C/C(=C/C=C\C)CF. The topological polar surface area (TPSA) is 41.5 Å². The molecule has 3 aromatic rings. The van der Waals surface area contributed by atoms with Crippen LogP contribution in [0, 0.1) is 0 Å². The summed E-state index contributed by atoms with van der Waals surface area (Å²) in [5.74, 6) is -0.152. The van der Waals surface area contributed by atoms with Crippen LogP contribution < -0.4 is 5.32 Å². The molecule has 0 bridgehead atoms. The molecule has 0 aliphatic rings. The Bertz CT molecular complexity index is 1240. The molecular weight excluding hydrogens is 523 g/mol. The fraction of sp³-hybridized carbons (Fsp3) is 0.172. The van der Waals surface area contributed by atoms with Gasteiger partial charge >= 0.3 is 0 Å². The van der Waals surface area contributed by atoms with Crippen LogP contribution in [-0.2, 0) is 12.8 Å². The first-order valence-electron chi connectivity index (χ1n) is 11.3. The molecule has 0 saturated carbocycles. The predicted octanol–water partition coefficient (Wildman–Crippen LogP) is 7.92. The van der Waals surface area contributed by atoms with Gasteiger partial charge in [0.25, 0.3) is 5.91 Å². The van der Waals surface area contributed by atoms with E-state index in [9.17, 15) is 9.18 Å². The maximum atomic E-state index is 13.5. The van der Waals surface area contributed by atoms with Gasteiger partial charge in [-0.3, -0.25) is 9.79 Å². The van der Waals surface area contributed by atoms with Gasteiger partial charge in [-0.2, -0.15) is 0 Å². The van der Waals surface area contributed by atoms with Crippen molar-refractivity contribution in [3.8, 4) is 0 Å². The van der Waals surface area contributed by atoms with Crippen molar-refractivity contribution in [2.45, 2.75) is 29.6 Å². The van der Waals surface area contributed by atoms with Crippen LogP contribution >= 0.6 is 27.7 Å². The van der Waals surface area contributed by atoms with Gasteiger partial charge in [-0.15, -0.1) is 0 Å². The molecule has 0 aromatic heterocycles. The van der Waals surface area contributed by atoms with Gasteiger partial charge in [0.05, 0.1) is 5.69 Å². The zero-order valence-corrected chi connectivity index (χ0v) is 22.0. The van der Waals surface area contributed by atoms with Gasteiger partial charge in [0, 0.05) is 26.4 Å². The molecule has 6 heteroatoms. The van der Waals surface area contributed by atoms with E-state index >= 15 is 0 Å². The Kier molecular flexibility index (Phi) is 10.5. The maximum absolute atomic E-state index is 13.5. The van der Waals surface area contributed by atoms with Crippen LogP contribution in [0.25, 0.3) is 0 Å². The molecule has 3 aromatic carbocycles. The van der Waals surface area contributed by atoms with Crippen molar-refractivity contribution in [1.29, 1.82) is 0 Å². The smallest absolute Gasteiger partial charge is 0.251 e. The van der Waals surface area contributed by atoms with Crippen molar-refractivity contribution in [2.24, 2.45) is 4.99 Å². The summed E-state index contributed by atoms with van der Waals surface area (Å²) in [6.07, 6.45) is 6.82. The molecule has 0 heterocycles. The molecular formula is C29H28BrFN2OS. The average Bonchev–Trinajstić information content (AvgIpc) is 2.88. The molecule has 180 valence electrons. The van der Waals surface area contributed by atoms with Crippen molar-refractivity contribution in [3.05, 3.63) is 112 Å². The highest BCUT2D eigenvalue weighted by Gasteiger charge is 2.13. The zero-order valence-electron chi connectivity index (χ0n) is 19.6. The van der Waals surface area contributed by atoms with Gasteiger partial charge < -0.3 is 5.32 Å². The second-order valence-corrected chi connectivity index (χ2v) is 9.75. The number of rotatable bonds is 11. The largest absolute Gasteiger partial charge is 0.352 e. The summed E-state index contributed by atoms with van der Waals surface area (Å²) in [6.45, 7) is 5.64. The van der Waals surface area contributed by atoms with E-state index in [0.717, 1.165) is 31.8 Å². The molecule has 3 nitrogen and oxygen atoms in total. The number of carbonyl (C=O) groups excluding carboxylic acids is 1. The third-order valence-electron chi connectivity index (χ3n) is 5.34. The minimum absolute atomic E-state index is 0.152. The van der Waals surface area contributed by atoms with Gasteiger partial charge in [0.1, 0.15) is 6.67 Å². The number of nitrogens with one attached hydrogen (secondary N) is 1. The quantitative estimate of drug-likeness (QED) is 0.194. The van der Waals surface area contributed by atoms with Gasteiger partial charge in [-0.1, -0.05) is 82.3 Å². The number of alkyl halides is 1. The summed E-state index contributed by atoms with van der Waals surface area (Å²) >= 11 is 5.08. The molecule has 0 saturated heterocycles. The lowest BCUT2D eigenvalue weighted by atomic mass is 10.1.